The normalized spacial score (nSPS) is 22.3. The molecule has 1 saturated heterocycles. The molecule has 0 spiro atoms. The number of amides is 1. The van der Waals surface area contributed by atoms with Gasteiger partial charge in [0, 0.05) is 34.8 Å². The standard InChI is InChI=1S/C19H17ClF5N3O/c20-14-7-13(19(23,24)25)17(22)16(21)12(14)6-9-3-4-28(18(9)29)11-1-2-15-10(5-11)8-26-27-15/h7-9,11H,1-6H2,(H,26,27)/t9?,11-/m1/s1. The van der Waals surface area contributed by atoms with E-state index in [9.17, 15) is 26.7 Å². The number of aromatic amines is 1. The van der Waals surface area contributed by atoms with Crippen molar-refractivity contribution in [1.82, 2.24) is 15.1 Å². The lowest BCUT2D eigenvalue weighted by molar-refractivity contribution is -0.140. The number of nitrogens with one attached hydrogen (secondary N) is 1. The molecule has 2 aromatic rings. The minimum Gasteiger partial charge on any atom is -0.339 e. The number of aryl methyl sites for hydroxylation is 1. The smallest absolute Gasteiger partial charge is 0.339 e. The molecule has 10 heteroatoms. The Morgan fingerprint density at radius 2 is 2.00 bits per heavy atom. The topological polar surface area (TPSA) is 49.0 Å². The monoisotopic (exact) mass is 433 g/mol. The molecule has 156 valence electrons. The first-order chi connectivity index (χ1) is 13.7. The molecule has 1 amide bonds. The number of rotatable bonds is 3. The van der Waals surface area contributed by atoms with Crippen molar-refractivity contribution in [3.63, 3.8) is 0 Å². The number of carbonyl (C=O) groups excluding carboxylic acids is 1. The molecule has 1 N–H and O–H groups in total. The molecule has 0 bridgehead atoms. The first kappa shape index (κ1) is 20.1. The molecule has 0 saturated carbocycles. The van der Waals surface area contributed by atoms with E-state index >= 15 is 0 Å². The lowest BCUT2D eigenvalue weighted by atomic mass is 9.92. The quantitative estimate of drug-likeness (QED) is 0.579. The number of halogens is 6. The summed E-state index contributed by atoms with van der Waals surface area (Å²) in [4.78, 5) is 14.6. The summed E-state index contributed by atoms with van der Waals surface area (Å²) in [6.45, 7) is 0.462. The zero-order valence-corrected chi connectivity index (χ0v) is 15.9. The van der Waals surface area contributed by atoms with E-state index in [1.54, 1.807) is 11.1 Å². The maximum absolute atomic E-state index is 14.3. The second-order valence-corrected chi connectivity index (χ2v) is 7.91. The van der Waals surface area contributed by atoms with E-state index in [4.69, 9.17) is 11.6 Å². The van der Waals surface area contributed by atoms with Crippen molar-refractivity contribution >= 4 is 17.5 Å². The average molecular weight is 434 g/mol. The van der Waals surface area contributed by atoms with Crippen LogP contribution in [0.5, 0.6) is 0 Å². The molecule has 0 radical (unpaired) electrons. The zero-order chi connectivity index (χ0) is 20.9. The Morgan fingerprint density at radius 1 is 1.24 bits per heavy atom. The molecule has 1 aliphatic carbocycles. The van der Waals surface area contributed by atoms with Crippen LogP contribution in [0.2, 0.25) is 5.02 Å². The van der Waals surface area contributed by atoms with Gasteiger partial charge in [0.05, 0.1) is 11.8 Å². The third-order valence-electron chi connectivity index (χ3n) is 5.79. The van der Waals surface area contributed by atoms with Crippen LogP contribution in [0.4, 0.5) is 22.0 Å². The second kappa shape index (κ2) is 7.27. The number of alkyl halides is 3. The van der Waals surface area contributed by atoms with Crippen LogP contribution in [0.25, 0.3) is 0 Å². The molecule has 29 heavy (non-hydrogen) atoms. The Balaban J connectivity index is 1.51. The number of hydrogen-bond acceptors (Lipinski definition) is 2. The maximum Gasteiger partial charge on any atom is 0.419 e. The number of fused-ring (bicyclic) bond motifs is 1. The van der Waals surface area contributed by atoms with E-state index in [2.05, 4.69) is 10.2 Å². The van der Waals surface area contributed by atoms with Crippen molar-refractivity contribution in [1.29, 1.82) is 0 Å². The summed E-state index contributed by atoms with van der Waals surface area (Å²) in [5, 5.41) is 6.41. The molecule has 1 aromatic heterocycles. The number of likely N-dealkylation sites (tertiary alicyclic amines) is 1. The average Bonchev–Trinajstić information content (AvgIpc) is 3.26. The molecule has 2 atom stereocenters. The number of hydrogen-bond donors (Lipinski definition) is 1. The predicted octanol–water partition coefficient (Wildman–Crippen LogP) is 4.31. The van der Waals surface area contributed by atoms with E-state index < -0.39 is 39.9 Å². The van der Waals surface area contributed by atoms with Crippen LogP contribution >= 0.6 is 11.6 Å². The lowest BCUT2D eigenvalue weighted by Crippen LogP contribution is -2.41. The second-order valence-electron chi connectivity index (χ2n) is 7.50. The zero-order valence-electron chi connectivity index (χ0n) is 15.1. The number of benzene rings is 1. The summed E-state index contributed by atoms with van der Waals surface area (Å²) < 4.78 is 66.7. The SMILES string of the molecule is O=C1C(Cc2c(Cl)cc(C(F)(F)F)c(F)c2F)CCN1[C@@H]1CCc2[nH]ncc2C1. The van der Waals surface area contributed by atoms with Gasteiger partial charge in [-0.1, -0.05) is 11.6 Å². The third-order valence-corrected chi connectivity index (χ3v) is 6.13. The summed E-state index contributed by atoms with van der Waals surface area (Å²) in [6.07, 6.45) is -0.963. The van der Waals surface area contributed by atoms with Gasteiger partial charge in [-0.25, -0.2) is 8.78 Å². The summed E-state index contributed by atoms with van der Waals surface area (Å²) in [5.74, 6) is -4.49. The molecule has 2 aliphatic rings. The number of H-pyrrole nitrogens is 1. The fourth-order valence-corrected chi connectivity index (χ4v) is 4.52. The van der Waals surface area contributed by atoms with Crippen LogP contribution in [0.15, 0.2) is 12.3 Å². The first-order valence-corrected chi connectivity index (χ1v) is 9.59. The highest BCUT2D eigenvalue weighted by Gasteiger charge is 2.40. The van der Waals surface area contributed by atoms with E-state index in [1.807, 2.05) is 0 Å². The van der Waals surface area contributed by atoms with Crippen molar-refractivity contribution in [2.75, 3.05) is 6.54 Å². The van der Waals surface area contributed by atoms with Crippen molar-refractivity contribution in [3.05, 3.63) is 51.3 Å². The van der Waals surface area contributed by atoms with Gasteiger partial charge in [-0.05, 0) is 43.7 Å². The minimum absolute atomic E-state index is 0.0118. The van der Waals surface area contributed by atoms with Gasteiger partial charge >= 0.3 is 6.18 Å². The van der Waals surface area contributed by atoms with Gasteiger partial charge in [-0.15, -0.1) is 0 Å². The highest BCUT2D eigenvalue weighted by molar-refractivity contribution is 6.31. The van der Waals surface area contributed by atoms with Crippen molar-refractivity contribution in [3.8, 4) is 0 Å². The van der Waals surface area contributed by atoms with Crippen molar-refractivity contribution < 1.29 is 26.7 Å². The van der Waals surface area contributed by atoms with Crippen LogP contribution < -0.4 is 0 Å². The Morgan fingerprint density at radius 3 is 2.72 bits per heavy atom. The maximum atomic E-state index is 14.3. The van der Waals surface area contributed by atoms with E-state index in [0.717, 1.165) is 24.1 Å². The summed E-state index contributed by atoms with van der Waals surface area (Å²) in [5.41, 5.74) is -0.0330. The molecular formula is C19H17ClF5N3O. The van der Waals surface area contributed by atoms with Gasteiger partial charge < -0.3 is 4.90 Å². The van der Waals surface area contributed by atoms with Crippen molar-refractivity contribution in [2.24, 2.45) is 5.92 Å². The Bertz CT molecular complexity index is 958. The molecular weight excluding hydrogens is 417 g/mol. The van der Waals surface area contributed by atoms with Crippen molar-refractivity contribution in [2.45, 2.75) is 44.3 Å². The number of carbonyl (C=O) groups is 1. The Labute approximate surface area is 168 Å². The van der Waals surface area contributed by atoms with Gasteiger partial charge in [0.25, 0.3) is 0 Å². The van der Waals surface area contributed by atoms with Gasteiger partial charge in [0.15, 0.2) is 11.6 Å². The van der Waals surface area contributed by atoms with E-state index in [0.29, 0.717) is 25.5 Å². The summed E-state index contributed by atoms with van der Waals surface area (Å²) >= 11 is 5.83. The van der Waals surface area contributed by atoms with Gasteiger partial charge in [0.1, 0.15) is 0 Å². The van der Waals surface area contributed by atoms with Crippen LogP contribution in [0, 0.1) is 17.6 Å². The number of nitrogens with zero attached hydrogens (tertiary/aromatic N) is 2. The highest BCUT2D eigenvalue weighted by Crippen LogP contribution is 2.38. The Hall–Kier alpha value is -2.16. The van der Waals surface area contributed by atoms with Crippen LogP contribution in [0.3, 0.4) is 0 Å². The predicted molar refractivity (Wildman–Crippen MR) is 94.3 cm³/mol. The van der Waals surface area contributed by atoms with E-state index in [1.165, 1.54) is 0 Å². The fourth-order valence-electron chi connectivity index (χ4n) is 4.25. The Kier molecular flexibility index (Phi) is 5.04. The third kappa shape index (κ3) is 3.60. The van der Waals surface area contributed by atoms with Crippen LogP contribution in [-0.2, 0) is 30.2 Å². The summed E-state index contributed by atoms with van der Waals surface area (Å²) in [7, 11) is 0. The first-order valence-electron chi connectivity index (χ1n) is 9.22. The summed E-state index contributed by atoms with van der Waals surface area (Å²) in [6, 6.07) is 0.371. The van der Waals surface area contributed by atoms with Crippen LogP contribution in [0.1, 0.15) is 35.2 Å². The largest absolute Gasteiger partial charge is 0.419 e. The molecule has 2 heterocycles. The molecule has 4 nitrogen and oxygen atoms in total. The molecule has 1 aromatic carbocycles. The highest BCUT2D eigenvalue weighted by atomic mass is 35.5. The van der Waals surface area contributed by atoms with E-state index in [-0.39, 0.29) is 18.4 Å². The molecule has 1 unspecified atom stereocenters. The van der Waals surface area contributed by atoms with Gasteiger partial charge in [-0.2, -0.15) is 18.3 Å². The van der Waals surface area contributed by atoms with Crippen LogP contribution in [-0.4, -0.2) is 33.6 Å². The lowest BCUT2D eigenvalue weighted by Gasteiger charge is -2.31. The van der Waals surface area contributed by atoms with Gasteiger partial charge in [0.2, 0.25) is 5.91 Å². The number of aromatic nitrogens is 2. The van der Waals surface area contributed by atoms with Gasteiger partial charge in [-0.3, -0.25) is 9.89 Å². The fraction of sp³-hybridized carbons (Fsp3) is 0.474. The molecule has 1 fully saturated rings. The molecule has 1 aliphatic heterocycles. The molecule has 4 rings (SSSR count). The minimum atomic E-state index is -5.06.